The van der Waals surface area contributed by atoms with E-state index in [4.69, 9.17) is 13.9 Å². The molecule has 3 aromatic heterocycles. The largest absolute Gasteiger partial charge is 0.463 e. The highest BCUT2D eigenvalue weighted by Crippen LogP contribution is 2.38. The molecule has 1 aliphatic heterocycles. The Hall–Kier alpha value is -4.35. The molecular weight excluding hydrogens is 445 g/mol. The van der Waals surface area contributed by atoms with Crippen molar-refractivity contribution in [2.75, 3.05) is 12.1 Å². The fourth-order valence-electron chi connectivity index (χ4n) is 3.40. The van der Waals surface area contributed by atoms with Crippen LogP contribution in [-0.2, 0) is 6.18 Å². The van der Waals surface area contributed by atoms with Gasteiger partial charge in [-0.2, -0.15) is 18.3 Å². The van der Waals surface area contributed by atoms with E-state index in [1.54, 1.807) is 0 Å². The van der Waals surface area contributed by atoms with Crippen molar-refractivity contribution in [3.8, 4) is 23.0 Å². The predicted octanol–water partition coefficient (Wildman–Crippen LogP) is 4.19. The number of rotatable bonds is 4. The molecule has 168 valence electrons. The lowest BCUT2D eigenvalue weighted by Crippen LogP contribution is -2.16. The summed E-state index contributed by atoms with van der Waals surface area (Å²) in [5.74, 6) is -0.434. The summed E-state index contributed by atoms with van der Waals surface area (Å²) in [5, 5.41) is 6.25. The van der Waals surface area contributed by atoms with Crippen molar-refractivity contribution < 1.29 is 36.7 Å². The molecule has 0 spiro atoms. The molecule has 0 atom stereocenters. The molecule has 5 rings (SSSR count). The van der Waals surface area contributed by atoms with Crippen LogP contribution in [0, 0.1) is 0 Å². The first kappa shape index (κ1) is 20.5. The zero-order valence-electron chi connectivity index (χ0n) is 16.8. The summed E-state index contributed by atoms with van der Waals surface area (Å²) in [6, 6.07) is 6.56. The molecule has 0 fully saturated rings. The monoisotopic (exact) mass is 458 g/mol. The van der Waals surface area contributed by atoms with Gasteiger partial charge in [-0.05, 0) is 31.2 Å². The number of ketones is 1. The maximum Gasteiger partial charge on any atom is 0.433 e. The van der Waals surface area contributed by atoms with E-state index < -0.39 is 17.8 Å². The number of hydrogen-bond donors (Lipinski definition) is 1. The second-order valence-corrected chi connectivity index (χ2v) is 7.06. The molecule has 0 saturated carbocycles. The van der Waals surface area contributed by atoms with E-state index >= 15 is 0 Å². The lowest BCUT2D eigenvalue weighted by molar-refractivity contribution is -0.142. The van der Waals surface area contributed by atoms with Gasteiger partial charge in [0.1, 0.15) is 11.3 Å². The molecule has 0 unspecified atom stereocenters. The second kappa shape index (κ2) is 7.36. The van der Waals surface area contributed by atoms with Crippen molar-refractivity contribution in [3.05, 3.63) is 59.6 Å². The number of alkyl halides is 3. The maximum atomic E-state index is 13.7. The Labute approximate surface area is 182 Å². The van der Waals surface area contributed by atoms with Gasteiger partial charge in [0.2, 0.25) is 6.79 Å². The van der Waals surface area contributed by atoms with Gasteiger partial charge in [-0.25, -0.2) is 9.50 Å². The number of hydrogen-bond acceptors (Lipinski definition) is 7. The third kappa shape index (κ3) is 3.54. The van der Waals surface area contributed by atoms with E-state index in [9.17, 15) is 22.8 Å². The Kier molecular flexibility index (Phi) is 4.58. The number of nitrogens with one attached hydrogen (secondary N) is 1. The molecule has 0 bridgehead atoms. The molecule has 9 nitrogen and oxygen atoms in total. The van der Waals surface area contributed by atoms with Gasteiger partial charge >= 0.3 is 6.18 Å². The van der Waals surface area contributed by atoms with Gasteiger partial charge in [-0.15, -0.1) is 0 Å². The van der Waals surface area contributed by atoms with E-state index in [-0.39, 0.29) is 46.5 Å². The zero-order chi connectivity index (χ0) is 23.3. The third-order valence-electron chi connectivity index (χ3n) is 4.92. The van der Waals surface area contributed by atoms with Gasteiger partial charge in [0.05, 0.1) is 18.1 Å². The first-order chi connectivity index (χ1) is 15.7. The maximum absolute atomic E-state index is 13.7. The van der Waals surface area contributed by atoms with Crippen LogP contribution in [-0.4, -0.2) is 33.1 Å². The van der Waals surface area contributed by atoms with Gasteiger partial charge in [-0.1, -0.05) is 0 Å². The van der Waals surface area contributed by atoms with Crippen molar-refractivity contribution in [1.82, 2.24) is 14.6 Å². The number of halogens is 3. The highest BCUT2D eigenvalue weighted by molar-refractivity contribution is 6.12. The number of amides is 1. The Morgan fingerprint density at radius 3 is 2.55 bits per heavy atom. The summed E-state index contributed by atoms with van der Waals surface area (Å²) in [6.45, 7) is 1.26. The van der Waals surface area contributed by atoms with Crippen LogP contribution in [0.15, 0.2) is 47.2 Å². The summed E-state index contributed by atoms with van der Waals surface area (Å²) in [5.41, 5.74) is -1.58. The molecule has 4 aromatic rings. The highest BCUT2D eigenvalue weighted by atomic mass is 19.4. The summed E-state index contributed by atoms with van der Waals surface area (Å²) in [4.78, 5) is 29.3. The Balaban J connectivity index is 1.60. The van der Waals surface area contributed by atoms with Crippen molar-refractivity contribution in [1.29, 1.82) is 0 Å². The molecule has 0 saturated heterocycles. The molecule has 1 N–H and O–H groups in total. The number of ether oxygens (including phenoxy) is 2. The molecule has 12 heteroatoms. The number of carbonyl (C=O) groups is 2. The van der Waals surface area contributed by atoms with E-state index in [0.29, 0.717) is 16.0 Å². The molecule has 0 aliphatic carbocycles. The van der Waals surface area contributed by atoms with Gasteiger partial charge in [-0.3, -0.25) is 9.59 Å². The molecule has 1 aromatic carbocycles. The SMILES string of the molecule is CC(=O)c1cc2c(cc1NC(=O)c1cnn3c(C(F)(F)F)cc(-c4ccco4)nc13)OCO2. The molecule has 0 radical (unpaired) electrons. The Morgan fingerprint density at radius 2 is 1.88 bits per heavy atom. The Bertz CT molecular complexity index is 1410. The topological polar surface area (TPSA) is 108 Å². The van der Waals surface area contributed by atoms with Crippen LogP contribution < -0.4 is 14.8 Å². The fourth-order valence-corrected chi connectivity index (χ4v) is 3.40. The van der Waals surface area contributed by atoms with Gasteiger partial charge in [0.25, 0.3) is 5.91 Å². The third-order valence-corrected chi connectivity index (χ3v) is 4.92. The number of nitrogens with zero attached hydrogens (tertiary/aromatic N) is 3. The van der Waals surface area contributed by atoms with E-state index in [0.717, 1.165) is 12.3 Å². The minimum atomic E-state index is -4.78. The molecule has 1 amide bonds. The minimum absolute atomic E-state index is 0.0438. The van der Waals surface area contributed by atoms with Crippen LogP contribution in [0.2, 0.25) is 0 Å². The lowest BCUT2D eigenvalue weighted by Gasteiger charge is -2.12. The van der Waals surface area contributed by atoms with Crippen LogP contribution >= 0.6 is 0 Å². The summed E-state index contributed by atoms with van der Waals surface area (Å²) < 4.78 is 57.3. The molecule has 33 heavy (non-hydrogen) atoms. The number of benzene rings is 1. The quantitative estimate of drug-likeness (QED) is 0.457. The van der Waals surface area contributed by atoms with Crippen molar-refractivity contribution in [3.63, 3.8) is 0 Å². The smallest absolute Gasteiger partial charge is 0.433 e. The van der Waals surface area contributed by atoms with Gasteiger partial charge < -0.3 is 19.2 Å². The summed E-state index contributed by atoms with van der Waals surface area (Å²) in [6.07, 6.45) is -2.51. The Morgan fingerprint density at radius 1 is 1.12 bits per heavy atom. The molecule has 1 aliphatic rings. The first-order valence-electron chi connectivity index (χ1n) is 9.48. The lowest BCUT2D eigenvalue weighted by atomic mass is 10.1. The summed E-state index contributed by atoms with van der Waals surface area (Å²) >= 11 is 0. The number of aromatic nitrogens is 3. The predicted molar refractivity (Wildman–Crippen MR) is 106 cm³/mol. The van der Waals surface area contributed by atoms with E-state index in [1.807, 2.05) is 0 Å². The van der Waals surface area contributed by atoms with Crippen molar-refractivity contribution in [2.24, 2.45) is 0 Å². The average Bonchev–Trinajstić information content (AvgIpc) is 3.50. The van der Waals surface area contributed by atoms with Crippen LogP contribution in [0.4, 0.5) is 18.9 Å². The minimum Gasteiger partial charge on any atom is -0.463 e. The number of anilines is 1. The van der Waals surface area contributed by atoms with Crippen molar-refractivity contribution >= 4 is 23.0 Å². The molecule has 4 heterocycles. The summed E-state index contributed by atoms with van der Waals surface area (Å²) in [7, 11) is 0. The molecular formula is C21H13F3N4O5. The number of fused-ring (bicyclic) bond motifs is 2. The van der Waals surface area contributed by atoms with Gasteiger partial charge in [0.15, 0.2) is 34.4 Å². The van der Waals surface area contributed by atoms with Gasteiger partial charge in [0, 0.05) is 11.6 Å². The van der Waals surface area contributed by atoms with E-state index in [1.165, 1.54) is 37.5 Å². The van der Waals surface area contributed by atoms with Crippen molar-refractivity contribution in [2.45, 2.75) is 13.1 Å². The highest BCUT2D eigenvalue weighted by Gasteiger charge is 2.36. The number of Topliss-reactive ketones (excluding diaryl/α,β-unsaturated/α-hetero) is 1. The van der Waals surface area contributed by atoms with E-state index in [2.05, 4.69) is 15.4 Å². The fraction of sp³-hybridized carbons (Fsp3) is 0.143. The van der Waals surface area contributed by atoms with Crippen LogP contribution in [0.3, 0.4) is 0 Å². The van der Waals surface area contributed by atoms with Crippen LogP contribution in [0.1, 0.15) is 33.3 Å². The van der Waals surface area contributed by atoms with Crippen LogP contribution in [0.25, 0.3) is 17.1 Å². The normalized spacial score (nSPS) is 12.8. The number of carbonyl (C=O) groups excluding carboxylic acids is 2. The zero-order valence-corrected chi connectivity index (χ0v) is 16.8. The van der Waals surface area contributed by atoms with Crippen LogP contribution in [0.5, 0.6) is 11.5 Å². The number of furan rings is 1. The second-order valence-electron chi connectivity index (χ2n) is 7.06. The first-order valence-corrected chi connectivity index (χ1v) is 9.48. The average molecular weight is 458 g/mol. The standard InChI is InChI=1S/C21H13F3N4O5/c1-10(29)11-5-16-17(33-9-32-16)6-13(11)27-20(30)12-8-25-28-18(21(22,23)24)7-14(26-19(12)28)15-3-2-4-31-15/h2-8H,9H2,1H3,(H,27,30).